The second-order valence-electron chi connectivity index (χ2n) is 8.82. The van der Waals surface area contributed by atoms with E-state index in [-0.39, 0.29) is 42.3 Å². The van der Waals surface area contributed by atoms with Crippen molar-refractivity contribution in [2.45, 2.75) is 45.6 Å². The highest BCUT2D eigenvalue weighted by Gasteiger charge is 2.30. The third-order valence-corrected chi connectivity index (χ3v) is 5.90. The number of ether oxygens (including phenoxy) is 1. The Morgan fingerprint density at radius 1 is 1.31 bits per heavy atom. The van der Waals surface area contributed by atoms with Gasteiger partial charge in [0, 0.05) is 35.7 Å². The van der Waals surface area contributed by atoms with Crippen molar-refractivity contribution < 1.29 is 23.9 Å². The van der Waals surface area contributed by atoms with Gasteiger partial charge in [-0.25, -0.2) is 0 Å². The maximum absolute atomic E-state index is 13.0. The standard InChI is InChI=1S/C24H31N3O5/c1-14(2)9-16(24(31)26-17(13-28)10-15-7-8-25-23(15)30)11-21(29)20-12-18-19(27-20)5-4-6-22(18)32-3/h4-6,12-17,27H,7-11H2,1-3H3,(H,25,30)(H,26,31)/t15-,16+,17-/m0/s1. The van der Waals surface area contributed by atoms with E-state index in [1.54, 1.807) is 13.2 Å². The summed E-state index contributed by atoms with van der Waals surface area (Å²) in [5, 5.41) is 6.30. The van der Waals surface area contributed by atoms with Gasteiger partial charge in [-0.15, -0.1) is 0 Å². The van der Waals surface area contributed by atoms with Gasteiger partial charge in [-0.1, -0.05) is 19.9 Å². The first kappa shape index (κ1) is 23.5. The Morgan fingerprint density at radius 3 is 2.72 bits per heavy atom. The molecule has 1 fully saturated rings. The average molecular weight is 442 g/mol. The molecule has 2 aromatic rings. The number of carbonyl (C=O) groups excluding carboxylic acids is 4. The van der Waals surface area contributed by atoms with Crippen LogP contribution in [0, 0.1) is 17.8 Å². The average Bonchev–Trinajstić information content (AvgIpc) is 3.38. The Labute approximate surface area is 187 Å². The number of nitrogens with one attached hydrogen (secondary N) is 3. The smallest absolute Gasteiger partial charge is 0.224 e. The molecular weight excluding hydrogens is 410 g/mol. The number of hydrogen-bond donors (Lipinski definition) is 3. The van der Waals surface area contributed by atoms with Gasteiger partial charge in [0.25, 0.3) is 0 Å². The minimum Gasteiger partial charge on any atom is -0.496 e. The number of fused-ring (bicyclic) bond motifs is 1. The number of rotatable bonds is 11. The van der Waals surface area contributed by atoms with Gasteiger partial charge in [0.05, 0.1) is 18.8 Å². The summed E-state index contributed by atoms with van der Waals surface area (Å²) in [6.07, 6.45) is 2.12. The second kappa shape index (κ2) is 10.4. The third kappa shape index (κ3) is 5.55. The topological polar surface area (TPSA) is 117 Å². The van der Waals surface area contributed by atoms with Crippen LogP contribution in [-0.4, -0.2) is 48.6 Å². The molecule has 3 atom stereocenters. The zero-order valence-corrected chi connectivity index (χ0v) is 18.8. The van der Waals surface area contributed by atoms with Crippen molar-refractivity contribution in [1.29, 1.82) is 0 Å². The summed E-state index contributed by atoms with van der Waals surface area (Å²) in [5.74, 6) is -0.601. The van der Waals surface area contributed by atoms with Crippen molar-refractivity contribution in [2.24, 2.45) is 17.8 Å². The van der Waals surface area contributed by atoms with Crippen LogP contribution in [0.1, 0.15) is 50.0 Å². The van der Waals surface area contributed by atoms with Gasteiger partial charge in [0.1, 0.15) is 12.0 Å². The van der Waals surface area contributed by atoms with E-state index in [0.29, 0.717) is 37.1 Å². The highest BCUT2D eigenvalue weighted by Crippen LogP contribution is 2.27. The molecule has 1 saturated heterocycles. The van der Waals surface area contributed by atoms with E-state index >= 15 is 0 Å². The first-order valence-electron chi connectivity index (χ1n) is 11.0. The minimum atomic E-state index is -0.751. The number of carbonyl (C=O) groups is 4. The highest BCUT2D eigenvalue weighted by molar-refractivity contribution is 6.02. The number of H-pyrrole nitrogens is 1. The summed E-state index contributed by atoms with van der Waals surface area (Å²) in [4.78, 5) is 52.5. The molecule has 3 N–H and O–H groups in total. The lowest BCUT2D eigenvalue weighted by molar-refractivity contribution is -0.129. The van der Waals surface area contributed by atoms with Crippen molar-refractivity contribution in [3.05, 3.63) is 30.0 Å². The van der Waals surface area contributed by atoms with Crippen LogP contribution in [0.15, 0.2) is 24.3 Å². The zero-order valence-electron chi connectivity index (χ0n) is 18.8. The van der Waals surface area contributed by atoms with Gasteiger partial charge in [-0.05, 0) is 43.4 Å². The number of benzene rings is 1. The molecule has 1 aromatic carbocycles. The Balaban J connectivity index is 1.71. The lowest BCUT2D eigenvalue weighted by Crippen LogP contribution is -2.42. The molecule has 32 heavy (non-hydrogen) atoms. The van der Waals surface area contributed by atoms with Crippen LogP contribution in [0.25, 0.3) is 10.9 Å². The predicted octanol–water partition coefficient (Wildman–Crippen LogP) is 2.62. The Morgan fingerprint density at radius 2 is 2.09 bits per heavy atom. The van der Waals surface area contributed by atoms with Crippen molar-refractivity contribution in [3.63, 3.8) is 0 Å². The van der Waals surface area contributed by atoms with E-state index in [2.05, 4.69) is 15.6 Å². The molecule has 0 unspecified atom stereocenters. The maximum atomic E-state index is 13.0. The molecule has 0 bridgehead atoms. The third-order valence-electron chi connectivity index (χ3n) is 5.90. The van der Waals surface area contributed by atoms with Crippen molar-refractivity contribution >= 4 is 34.8 Å². The predicted molar refractivity (Wildman–Crippen MR) is 120 cm³/mol. The quantitative estimate of drug-likeness (QED) is 0.366. The molecule has 1 aromatic heterocycles. The van der Waals surface area contributed by atoms with Crippen LogP contribution in [0.2, 0.25) is 0 Å². The Hall–Kier alpha value is -3.16. The van der Waals surface area contributed by atoms with Crippen LogP contribution in [-0.2, 0) is 14.4 Å². The largest absolute Gasteiger partial charge is 0.496 e. The summed E-state index contributed by atoms with van der Waals surface area (Å²) in [5.41, 5.74) is 1.20. The molecule has 0 radical (unpaired) electrons. The fourth-order valence-corrected chi connectivity index (χ4v) is 4.27. The van der Waals surface area contributed by atoms with Gasteiger partial charge in [0.2, 0.25) is 11.8 Å². The van der Waals surface area contributed by atoms with Gasteiger partial charge >= 0.3 is 0 Å². The van der Waals surface area contributed by atoms with Crippen LogP contribution >= 0.6 is 0 Å². The number of aromatic amines is 1. The fourth-order valence-electron chi connectivity index (χ4n) is 4.27. The van der Waals surface area contributed by atoms with Crippen molar-refractivity contribution in [3.8, 4) is 5.75 Å². The SMILES string of the molecule is COc1cccc2[nH]c(C(=O)C[C@@H](CC(C)C)C(=O)N[C@H](C=O)C[C@@H]3CCNC3=O)cc12. The van der Waals surface area contributed by atoms with Crippen LogP contribution in [0.5, 0.6) is 5.75 Å². The summed E-state index contributed by atoms with van der Waals surface area (Å²) in [7, 11) is 1.57. The van der Waals surface area contributed by atoms with E-state index in [0.717, 1.165) is 10.9 Å². The molecule has 8 nitrogen and oxygen atoms in total. The van der Waals surface area contributed by atoms with Gasteiger partial charge in [-0.3, -0.25) is 14.4 Å². The Kier molecular flexibility index (Phi) is 7.66. The molecule has 1 aliphatic rings. The highest BCUT2D eigenvalue weighted by atomic mass is 16.5. The minimum absolute atomic E-state index is 0.0225. The van der Waals surface area contributed by atoms with Crippen LogP contribution in [0.4, 0.5) is 0 Å². The van der Waals surface area contributed by atoms with Crippen LogP contribution in [0.3, 0.4) is 0 Å². The zero-order chi connectivity index (χ0) is 23.3. The summed E-state index contributed by atoms with van der Waals surface area (Å²) >= 11 is 0. The number of amides is 2. The normalized spacial score (nSPS) is 17.8. The van der Waals surface area contributed by atoms with Crippen molar-refractivity contribution in [2.75, 3.05) is 13.7 Å². The molecule has 2 amide bonds. The van der Waals surface area contributed by atoms with E-state index in [1.165, 1.54) is 0 Å². The van der Waals surface area contributed by atoms with Gasteiger partial charge in [-0.2, -0.15) is 0 Å². The van der Waals surface area contributed by atoms with Crippen molar-refractivity contribution in [1.82, 2.24) is 15.6 Å². The van der Waals surface area contributed by atoms with E-state index in [9.17, 15) is 19.2 Å². The van der Waals surface area contributed by atoms with Crippen LogP contribution < -0.4 is 15.4 Å². The maximum Gasteiger partial charge on any atom is 0.224 e. The molecular formula is C24H31N3O5. The summed E-state index contributed by atoms with van der Waals surface area (Å²) in [6.45, 7) is 4.56. The fraction of sp³-hybridized carbons (Fsp3) is 0.500. The summed E-state index contributed by atoms with van der Waals surface area (Å²) in [6, 6.07) is 6.52. The number of aromatic nitrogens is 1. The summed E-state index contributed by atoms with van der Waals surface area (Å²) < 4.78 is 5.35. The second-order valence-corrected chi connectivity index (χ2v) is 8.82. The molecule has 0 aliphatic carbocycles. The molecule has 1 aliphatic heterocycles. The molecule has 172 valence electrons. The number of ketones is 1. The van der Waals surface area contributed by atoms with Gasteiger partial charge < -0.3 is 25.1 Å². The number of hydrogen-bond acceptors (Lipinski definition) is 5. The molecule has 3 rings (SSSR count). The molecule has 8 heteroatoms. The van der Waals surface area contributed by atoms with E-state index in [1.807, 2.05) is 32.0 Å². The number of methoxy groups -OCH3 is 1. The molecule has 0 saturated carbocycles. The number of Topliss-reactive ketones (excluding diaryl/α,β-unsaturated/α-hetero) is 1. The lowest BCUT2D eigenvalue weighted by atomic mass is 9.90. The van der Waals surface area contributed by atoms with E-state index in [4.69, 9.17) is 4.74 Å². The molecule has 0 spiro atoms. The number of aldehydes is 1. The lowest BCUT2D eigenvalue weighted by Gasteiger charge is -2.21. The molecule has 2 heterocycles. The first-order chi connectivity index (χ1) is 15.3. The van der Waals surface area contributed by atoms with E-state index < -0.39 is 12.0 Å². The monoisotopic (exact) mass is 441 g/mol. The first-order valence-corrected chi connectivity index (χ1v) is 11.0. The Bertz CT molecular complexity index is 997. The van der Waals surface area contributed by atoms with Gasteiger partial charge in [0.15, 0.2) is 5.78 Å².